The van der Waals surface area contributed by atoms with Crippen molar-refractivity contribution in [2.24, 2.45) is 0 Å². The number of carbonyl (C=O) groups excluding carboxylic acids is 2. The Balaban J connectivity index is 1.77. The van der Waals surface area contributed by atoms with Crippen molar-refractivity contribution in [2.75, 3.05) is 20.7 Å². The molecule has 28 heavy (non-hydrogen) atoms. The molecule has 0 aromatic heterocycles. The van der Waals surface area contributed by atoms with E-state index in [9.17, 15) is 18.4 Å². The van der Waals surface area contributed by atoms with Gasteiger partial charge in [0.2, 0.25) is 0 Å². The van der Waals surface area contributed by atoms with E-state index >= 15 is 0 Å². The second-order valence-corrected chi connectivity index (χ2v) is 6.30. The number of alkyl halides is 2. The Morgan fingerprint density at radius 3 is 2.21 bits per heavy atom. The molecule has 0 saturated carbocycles. The minimum atomic E-state index is -2.85. The number of carbonyl (C=O) groups is 2. The van der Waals surface area contributed by atoms with Gasteiger partial charge in [0, 0.05) is 12.1 Å². The zero-order chi connectivity index (χ0) is 20.5. The summed E-state index contributed by atoms with van der Waals surface area (Å²) in [5.41, 5.74) is 2.23. The fraction of sp³-hybridized carbons (Fsp3) is 0.300. The number of esters is 1. The maximum absolute atomic E-state index is 12.1. The molecular formula is C20H23F2N2O4+. The number of halogens is 2. The Kier molecular flexibility index (Phi) is 7.88. The average molecular weight is 393 g/mol. The first kappa shape index (κ1) is 21.3. The number of methoxy groups -OCH3 is 1. The van der Waals surface area contributed by atoms with Crippen LogP contribution in [0.15, 0.2) is 48.5 Å². The van der Waals surface area contributed by atoms with Gasteiger partial charge in [0.25, 0.3) is 5.91 Å². The summed E-state index contributed by atoms with van der Waals surface area (Å²) in [4.78, 5) is 24.4. The van der Waals surface area contributed by atoms with Crippen molar-refractivity contribution in [1.29, 1.82) is 0 Å². The van der Waals surface area contributed by atoms with Crippen molar-refractivity contribution < 1.29 is 32.7 Å². The molecule has 2 aromatic carbocycles. The lowest BCUT2D eigenvalue weighted by Crippen LogP contribution is -3.08. The second-order valence-electron chi connectivity index (χ2n) is 6.30. The number of ether oxygens (including phenoxy) is 2. The summed E-state index contributed by atoms with van der Waals surface area (Å²) in [5.74, 6) is -0.422. The molecule has 2 aromatic rings. The third kappa shape index (κ3) is 6.96. The molecule has 0 heterocycles. The Hall–Kier alpha value is -3.00. The van der Waals surface area contributed by atoms with E-state index in [2.05, 4.69) is 14.8 Å². The van der Waals surface area contributed by atoms with Crippen molar-refractivity contribution >= 4 is 11.9 Å². The molecule has 1 atom stereocenters. The van der Waals surface area contributed by atoms with Crippen LogP contribution in [0, 0.1) is 0 Å². The van der Waals surface area contributed by atoms with Gasteiger partial charge in [0.05, 0.1) is 19.7 Å². The lowest BCUT2D eigenvalue weighted by atomic mass is 10.1. The van der Waals surface area contributed by atoms with Crippen LogP contribution in [0.25, 0.3) is 0 Å². The zero-order valence-corrected chi connectivity index (χ0v) is 15.7. The standard InChI is InChI=1S/C20H22F2N2O4/c1-24(12-15-5-9-17(10-6-15)28-20(21)22)13-18(25)23-11-14-3-7-16(8-4-14)19(26)27-2/h3-10,20H,11-13H2,1-2H3,(H,23,25)/p+1. The van der Waals surface area contributed by atoms with Crippen molar-refractivity contribution in [3.63, 3.8) is 0 Å². The number of benzene rings is 2. The Morgan fingerprint density at radius 2 is 1.64 bits per heavy atom. The predicted molar refractivity (Wildman–Crippen MR) is 98.2 cm³/mol. The Labute approximate surface area is 162 Å². The average Bonchev–Trinajstić information content (AvgIpc) is 2.67. The third-order valence-electron chi connectivity index (χ3n) is 3.98. The highest BCUT2D eigenvalue weighted by atomic mass is 19.3. The van der Waals surface area contributed by atoms with Gasteiger partial charge in [-0.15, -0.1) is 0 Å². The van der Waals surface area contributed by atoms with Crippen LogP contribution in [0.4, 0.5) is 8.78 Å². The van der Waals surface area contributed by atoms with Crippen LogP contribution in [0.3, 0.4) is 0 Å². The van der Waals surface area contributed by atoms with Gasteiger partial charge in [-0.25, -0.2) is 4.79 Å². The smallest absolute Gasteiger partial charge is 0.387 e. The van der Waals surface area contributed by atoms with Gasteiger partial charge in [-0.2, -0.15) is 8.78 Å². The van der Waals surface area contributed by atoms with Crippen LogP contribution >= 0.6 is 0 Å². The molecule has 0 fully saturated rings. The van der Waals surface area contributed by atoms with E-state index < -0.39 is 12.6 Å². The normalized spacial score (nSPS) is 11.8. The monoisotopic (exact) mass is 393 g/mol. The Morgan fingerprint density at radius 1 is 1.04 bits per heavy atom. The first-order valence-corrected chi connectivity index (χ1v) is 8.66. The highest BCUT2D eigenvalue weighted by molar-refractivity contribution is 5.89. The third-order valence-corrected chi connectivity index (χ3v) is 3.98. The number of nitrogens with one attached hydrogen (secondary N) is 2. The summed E-state index contributed by atoms with van der Waals surface area (Å²) < 4.78 is 33.2. The van der Waals surface area contributed by atoms with E-state index in [4.69, 9.17) is 0 Å². The van der Waals surface area contributed by atoms with Crippen LogP contribution in [0.5, 0.6) is 5.75 Å². The highest BCUT2D eigenvalue weighted by Crippen LogP contribution is 2.14. The summed E-state index contributed by atoms with van der Waals surface area (Å²) in [5, 5.41) is 2.83. The van der Waals surface area contributed by atoms with Crippen LogP contribution in [-0.2, 0) is 22.6 Å². The molecule has 0 aliphatic carbocycles. The summed E-state index contributed by atoms with van der Waals surface area (Å²) in [6.45, 7) is -1.67. The van der Waals surface area contributed by atoms with Gasteiger partial charge >= 0.3 is 12.6 Å². The quantitative estimate of drug-likeness (QED) is 0.632. The van der Waals surface area contributed by atoms with E-state index in [1.807, 2.05) is 7.05 Å². The number of hydrogen-bond acceptors (Lipinski definition) is 4. The lowest BCUT2D eigenvalue weighted by Gasteiger charge is -2.14. The van der Waals surface area contributed by atoms with Crippen molar-refractivity contribution in [2.45, 2.75) is 19.7 Å². The molecule has 0 radical (unpaired) electrons. The van der Waals surface area contributed by atoms with Crippen LogP contribution < -0.4 is 15.0 Å². The van der Waals surface area contributed by atoms with Gasteiger partial charge < -0.3 is 19.7 Å². The molecule has 1 unspecified atom stereocenters. The topological polar surface area (TPSA) is 69.1 Å². The van der Waals surface area contributed by atoms with E-state index in [1.54, 1.807) is 36.4 Å². The van der Waals surface area contributed by atoms with Crippen LogP contribution in [0.2, 0.25) is 0 Å². The Bertz CT molecular complexity index is 780. The summed E-state index contributed by atoms with van der Waals surface area (Å²) in [6.07, 6.45) is 0. The first-order valence-electron chi connectivity index (χ1n) is 8.66. The minimum Gasteiger partial charge on any atom is -0.465 e. The largest absolute Gasteiger partial charge is 0.465 e. The maximum Gasteiger partial charge on any atom is 0.387 e. The van der Waals surface area contributed by atoms with E-state index in [0.717, 1.165) is 16.0 Å². The molecule has 6 nitrogen and oxygen atoms in total. The number of hydrogen-bond donors (Lipinski definition) is 2. The summed E-state index contributed by atoms with van der Waals surface area (Å²) >= 11 is 0. The molecule has 2 rings (SSSR count). The van der Waals surface area contributed by atoms with Gasteiger partial charge in [-0.05, 0) is 42.0 Å². The van der Waals surface area contributed by atoms with Gasteiger partial charge in [0.1, 0.15) is 12.3 Å². The minimum absolute atomic E-state index is 0.104. The molecular weight excluding hydrogens is 370 g/mol. The highest BCUT2D eigenvalue weighted by Gasteiger charge is 2.11. The predicted octanol–water partition coefficient (Wildman–Crippen LogP) is 1.41. The molecule has 1 amide bonds. The van der Waals surface area contributed by atoms with Gasteiger partial charge in [-0.3, -0.25) is 4.79 Å². The molecule has 0 saturated heterocycles. The number of likely N-dealkylation sites (N-methyl/N-ethyl adjacent to an activating group) is 1. The van der Waals surface area contributed by atoms with Crippen molar-refractivity contribution in [3.8, 4) is 5.75 Å². The second kappa shape index (κ2) is 10.4. The molecule has 2 N–H and O–H groups in total. The number of amides is 1. The van der Waals surface area contributed by atoms with Gasteiger partial charge in [0.15, 0.2) is 6.54 Å². The van der Waals surface area contributed by atoms with E-state index in [1.165, 1.54) is 19.2 Å². The molecule has 8 heteroatoms. The number of quaternary nitrogens is 1. The van der Waals surface area contributed by atoms with Crippen molar-refractivity contribution in [1.82, 2.24) is 5.32 Å². The van der Waals surface area contributed by atoms with Crippen molar-refractivity contribution in [3.05, 3.63) is 65.2 Å². The van der Waals surface area contributed by atoms with Crippen LogP contribution in [0.1, 0.15) is 21.5 Å². The van der Waals surface area contributed by atoms with Crippen LogP contribution in [-0.4, -0.2) is 39.2 Å². The SMILES string of the molecule is COC(=O)c1ccc(CNC(=O)C[NH+](C)Cc2ccc(OC(F)F)cc2)cc1. The zero-order valence-electron chi connectivity index (χ0n) is 15.7. The molecule has 0 spiro atoms. The fourth-order valence-corrected chi connectivity index (χ4v) is 2.61. The first-order chi connectivity index (χ1) is 13.4. The summed E-state index contributed by atoms with van der Waals surface area (Å²) in [7, 11) is 3.19. The number of rotatable bonds is 9. The van der Waals surface area contributed by atoms with Gasteiger partial charge in [-0.1, -0.05) is 12.1 Å². The maximum atomic E-state index is 12.1. The fourth-order valence-electron chi connectivity index (χ4n) is 2.61. The lowest BCUT2D eigenvalue weighted by molar-refractivity contribution is -0.885. The summed E-state index contributed by atoms with van der Waals surface area (Å²) in [6, 6.07) is 13.2. The molecule has 0 bridgehead atoms. The van der Waals surface area contributed by atoms with E-state index in [0.29, 0.717) is 18.7 Å². The molecule has 0 aliphatic rings. The molecule has 0 aliphatic heterocycles. The molecule has 150 valence electrons. The van der Waals surface area contributed by atoms with E-state index in [-0.39, 0.29) is 18.2 Å².